The van der Waals surface area contributed by atoms with Crippen molar-refractivity contribution in [2.75, 3.05) is 46.8 Å². The van der Waals surface area contributed by atoms with Gasteiger partial charge in [-0.15, -0.1) is 0 Å². The molecule has 0 bridgehead atoms. The standard InChI is InChI=1S/C15H33N5/c1-7-16-15(18-13(4)12(2)3)17-10-14-11-19(5)8-9-20(14)6/h12-14H,7-11H2,1-6H3,(H2,16,17,18). The number of likely N-dealkylation sites (N-methyl/N-ethyl adjacent to an activating group) is 2. The molecule has 0 radical (unpaired) electrons. The monoisotopic (exact) mass is 283 g/mol. The third kappa shape index (κ3) is 5.67. The van der Waals surface area contributed by atoms with Crippen LogP contribution in [0.4, 0.5) is 0 Å². The van der Waals surface area contributed by atoms with Gasteiger partial charge in [0.2, 0.25) is 0 Å². The highest BCUT2D eigenvalue weighted by atomic mass is 15.3. The molecule has 0 aliphatic carbocycles. The summed E-state index contributed by atoms with van der Waals surface area (Å²) in [5, 5.41) is 6.83. The molecule has 1 fully saturated rings. The Bertz CT molecular complexity index is 303. The van der Waals surface area contributed by atoms with Crippen molar-refractivity contribution in [2.24, 2.45) is 10.9 Å². The van der Waals surface area contributed by atoms with Gasteiger partial charge in [-0.2, -0.15) is 0 Å². The van der Waals surface area contributed by atoms with Crippen LogP contribution in [0.5, 0.6) is 0 Å². The second-order valence-electron chi connectivity index (χ2n) is 6.29. The van der Waals surface area contributed by atoms with Gasteiger partial charge in [-0.05, 0) is 33.9 Å². The molecule has 2 N–H and O–H groups in total. The van der Waals surface area contributed by atoms with Gasteiger partial charge in [0.25, 0.3) is 0 Å². The van der Waals surface area contributed by atoms with Crippen molar-refractivity contribution in [1.29, 1.82) is 0 Å². The molecule has 0 amide bonds. The number of guanidine groups is 1. The van der Waals surface area contributed by atoms with Gasteiger partial charge < -0.3 is 15.5 Å². The third-order valence-corrected chi connectivity index (χ3v) is 4.15. The van der Waals surface area contributed by atoms with E-state index in [4.69, 9.17) is 4.99 Å². The summed E-state index contributed by atoms with van der Waals surface area (Å²) in [5.74, 6) is 1.54. The summed E-state index contributed by atoms with van der Waals surface area (Å²) in [6.07, 6.45) is 0. The summed E-state index contributed by atoms with van der Waals surface area (Å²) < 4.78 is 0. The molecule has 2 unspecified atom stereocenters. The fraction of sp³-hybridized carbons (Fsp3) is 0.933. The molecule has 0 spiro atoms. The molecule has 5 heteroatoms. The zero-order valence-electron chi connectivity index (χ0n) is 14.1. The van der Waals surface area contributed by atoms with E-state index in [1.54, 1.807) is 0 Å². The van der Waals surface area contributed by atoms with Crippen molar-refractivity contribution in [3.63, 3.8) is 0 Å². The number of rotatable bonds is 5. The molecule has 1 saturated heterocycles. The molecule has 20 heavy (non-hydrogen) atoms. The van der Waals surface area contributed by atoms with Gasteiger partial charge in [0, 0.05) is 38.3 Å². The first-order valence-electron chi connectivity index (χ1n) is 7.87. The lowest BCUT2D eigenvalue weighted by Gasteiger charge is -2.37. The molecule has 0 aromatic carbocycles. The van der Waals surface area contributed by atoms with Crippen LogP contribution in [0.2, 0.25) is 0 Å². The highest BCUT2D eigenvalue weighted by Gasteiger charge is 2.21. The van der Waals surface area contributed by atoms with Crippen molar-refractivity contribution in [3.8, 4) is 0 Å². The maximum Gasteiger partial charge on any atom is 0.191 e. The molecule has 2 atom stereocenters. The van der Waals surface area contributed by atoms with Gasteiger partial charge >= 0.3 is 0 Å². The lowest BCUT2D eigenvalue weighted by Crippen LogP contribution is -2.52. The maximum atomic E-state index is 4.77. The Morgan fingerprint density at radius 2 is 1.95 bits per heavy atom. The number of hydrogen-bond acceptors (Lipinski definition) is 3. The second-order valence-corrected chi connectivity index (χ2v) is 6.29. The third-order valence-electron chi connectivity index (χ3n) is 4.15. The van der Waals surface area contributed by atoms with Crippen LogP contribution in [-0.2, 0) is 0 Å². The van der Waals surface area contributed by atoms with Crippen molar-refractivity contribution in [2.45, 2.75) is 39.8 Å². The van der Waals surface area contributed by atoms with E-state index in [-0.39, 0.29) is 0 Å². The van der Waals surface area contributed by atoms with Gasteiger partial charge in [0.15, 0.2) is 5.96 Å². The lowest BCUT2D eigenvalue weighted by molar-refractivity contribution is 0.119. The van der Waals surface area contributed by atoms with Crippen LogP contribution in [0.15, 0.2) is 4.99 Å². The van der Waals surface area contributed by atoms with Crippen LogP contribution >= 0.6 is 0 Å². The average molecular weight is 283 g/mol. The van der Waals surface area contributed by atoms with E-state index in [1.807, 2.05) is 0 Å². The van der Waals surface area contributed by atoms with Crippen molar-refractivity contribution in [1.82, 2.24) is 20.4 Å². The molecule has 0 aromatic rings. The van der Waals surface area contributed by atoms with Crippen LogP contribution in [0.3, 0.4) is 0 Å². The van der Waals surface area contributed by atoms with Gasteiger partial charge in [-0.25, -0.2) is 0 Å². The van der Waals surface area contributed by atoms with E-state index in [2.05, 4.69) is 62.2 Å². The fourth-order valence-corrected chi connectivity index (χ4v) is 2.20. The van der Waals surface area contributed by atoms with E-state index in [0.29, 0.717) is 18.0 Å². The van der Waals surface area contributed by atoms with Gasteiger partial charge in [0.1, 0.15) is 0 Å². The summed E-state index contributed by atoms with van der Waals surface area (Å²) in [6, 6.07) is 0.943. The number of nitrogens with zero attached hydrogens (tertiary/aromatic N) is 3. The first-order valence-corrected chi connectivity index (χ1v) is 7.87. The van der Waals surface area contributed by atoms with Crippen molar-refractivity contribution < 1.29 is 0 Å². The molecule has 118 valence electrons. The number of piperazine rings is 1. The Morgan fingerprint density at radius 1 is 1.25 bits per heavy atom. The summed E-state index contributed by atoms with van der Waals surface area (Å²) in [7, 11) is 4.39. The van der Waals surface area contributed by atoms with Crippen LogP contribution in [0, 0.1) is 5.92 Å². The predicted molar refractivity (Wildman–Crippen MR) is 87.3 cm³/mol. The minimum absolute atomic E-state index is 0.430. The molecule has 0 aromatic heterocycles. The Hall–Kier alpha value is -0.810. The van der Waals surface area contributed by atoms with Crippen molar-refractivity contribution >= 4 is 5.96 Å². The number of nitrogens with one attached hydrogen (secondary N) is 2. The van der Waals surface area contributed by atoms with E-state index in [0.717, 1.165) is 38.7 Å². The second kappa shape index (κ2) is 8.47. The predicted octanol–water partition coefficient (Wildman–Crippen LogP) is 0.832. The molecular weight excluding hydrogens is 250 g/mol. The Balaban J connectivity index is 2.56. The summed E-state index contributed by atoms with van der Waals surface area (Å²) >= 11 is 0. The van der Waals surface area contributed by atoms with Crippen molar-refractivity contribution in [3.05, 3.63) is 0 Å². The van der Waals surface area contributed by atoms with E-state index in [9.17, 15) is 0 Å². The fourth-order valence-electron chi connectivity index (χ4n) is 2.20. The molecular formula is C15H33N5. The topological polar surface area (TPSA) is 42.9 Å². The Kier molecular flexibility index (Phi) is 7.30. The molecule has 1 aliphatic rings. The minimum Gasteiger partial charge on any atom is -0.357 e. The summed E-state index contributed by atoms with van der Waals surface area (Å²) in [6.45, 7) is 13.9. The lowest BCUT2D eigenvalue weighted by atomic mass is 10.1. The van der Waals surface area contributed by atoms with Crippen LogP contribution in [0.1, 0.15) is 27.7 Å². The summed E-state index contributed by atoms with van der Waals surface area (Å²) in [5.41, 5.74) is 0. The zero-order chi connectivity index (χ0) is 15.1. The first-order chi connectivity index (χ1) is 9.43. The molecule has 5 nitrogen and oxygen atoms in total. The Morgan fingerprint density at radius 3 is 2.55 bits per heavy atom. The smallest absolute Gasteiger partial charge is 0.191 e. The van der Waals surface area contributed by atoms with Gasteiger partial charge in [-0.1, -0.05) is 13.8 Å². The van der Waals surface area contributed by atoms with Gasteiger partial charge in [-0.3, -0.25) is 9.89 Å². The Labute approximate surface area is 124 Å². The number of aliphatic imine (C=N–C) groups is 1. The largest absolute Gasteiger partial charge is 0.357 e. The normalized spacial score (nSPS) is 23.9. The minimum atomic E-state index is 0.430. The van der Waals surface area contributed by atoms with E-state index in [1.165, 1.54) is 0 Å². The van der Waals surface area contributed by atoms with E-state index >= 15 is 0 Å². The van der Waals surface area contributed by atoms with Crippen LogP contribution in [-0.4, -0.2) is 74.7 Å². The molecule has 1 aliphatic heterocycles. The summed E-state index contributed by atoms with van der Waals surface area (Å²) in [4.78, 5) is 9.57. The zero-order valence-corrected chi connectivity index (χ0v) is 14.1. The molecule has 1 heterocycles. The van der Waals surface area contributed by atoms with E-state index < -0.39 is 0 Å². The maximum absolute atomic E-state index is 4.77. The molecule has 0 saturated carbocycles. The SMILES string of the molecule is CCNC(=NCC1CN(C)CCN1C)NC(C)C(C)C. The van der Waals surface area contributed by atoms with Gasteiger partial charge in [0.05, 0.1) is 6.54 Å². The van der Waals surface area contributed by atoms with Crippen LogP contribution in [0.25, 0.3) is 0 Å². The number of hydrogen-bond donors (Lipinski definition) is 2. The van der Waals surface area contributed by atoms with Crippen LogP contribution < -0.4 is 10.6 Å². The highest BCUT2D eigenvalue weighted by molar-refractivity contribution is 5.80. The molecule has 1 rings (SSSR count). The quantitative estimate of drug-likeness (QED) is 0.579. The average Bonchev–Trinajstić information content (AvgIpc) is 2.39. The first kappa shape index (κ1) is 17.2. The highest BCUT2D eigenvalue weighted by Crippen LogP contribution is 2.06.